The van der Waals surface area contributed by atoms with Crippen molar-refractivity contribution in [1.29, 1.82) is 0 Å². The van der Waals surface area contributed by atoms with Gasteiger partial charge in [0.25, 0.3) is 0 Å². The topological polar surface area (TPSA) is 49.3 Å². The molecule has 2 N–H and O–H groups in total. The lowest BCUT2D eigenvalue weighted by Gasteiger charge is -2.15. The van der Waals surface area contributed by atoms with E-state index in [0.717, 1.165) is 18.1 Å². The summed E-state index contributed by atoms with van der Waals surface area (Å²) >= 11 is 0. The number of halogens is 2. The van der Waals surface area contributed by atoms with Gasteiger partial charge in [0.2, 0.25) is 5.91 Å². The molecule has 1 amide bonds. The van der Waals surface area contributed by atoms with Gasteiger partial charge in [-0.25, -0.2) is 8.78 Å². The number of hydrogen-bond donors (Lipinski definition) is 2. The highest BCUT2D eigenvalue weighted by Gasteiger charge is 2.18. The average molecular weight is 426 g/mol. The van der Waals surface area contributed by atoms with Gasteiger partial charge in [0.15, 0.2) is 0 Å². The Morgan fingerprint density at radius 3 is 2.10 bits per heavy atom. The standard InChI is InChI=1S/C18H19F2NO.C8H10O/c1-2-14(10-15-8-9-16(19)11-17(15)20)18(22)21-12-13-6-4-3-5-7-13;9-7-6-8-4-2-1-3-5-8/h3-9,11,14H,2,10,12H2,1H3,(H,21,22);1-5,9H,6-7H2. The highest BCUT2D eigenvalue weighted by molar-refractivity contribution is 5.78. The molecule has 0 fully saturated rings. The van der Waals surface area contributed by atoms with Gasteiger partial charge in [0.1, 0.15) is 11.6 Å². The van der Waals surface area contributed by atoms with Crippen LogP contribution in [0.4, 0.5) is 8.78 Å². The molecule has 1 unspecified atom stereocenters. The number of rotatable bonds is 8. The zero-order valence-corrected chi connectivity index (χ0v) is 17.7. The maximum atomic E-state index is 13.7. The first-order valence-corrected chi connectivity index (χ1v) is 10.4. The molecule has 0 aromatic heterocycles. The van der Waals surface area contributed by atoms with Gasteiger partial charge in [-0.1, -0.05) is 73.7 Å². The molecule has 1 atom stereocenters. The number of hydrogen-bond acceptors (Lipinski definition) is 2. The summed E-state index contributed by atoms with van der Waals surface area (Å²) in [5.74, 6) is -1.66. The predicted octanol–water partition coefficient (Wildman–Crippen LogP) is 5.07. The molecular formula is C26H29F2NO2. The Kier molecular flexibility index (Phi) is 10.4. The molecule has 5 heteroatoms. The van der Waals surface area contributed by atoms with Crippen LogP contribution in [-0.4, -0.2) is 17.6 Å². The summed E-state index contributed by atoms with van der Waals surface area (Å²) in [6.45, 7) is 2.57. The number of aliphatic hydroxyl groups is 1. The molecule has 0 heterocycles. The van der Waals surface area contributed by atoms with E-state index in [0.29, 0.717) is 18.5 Å². The number of carbonyl (C=O) groups excluding carboxylic acids is 1. The quantitative estimate of drug-likeness (QED) is 0.529. The molecule has 31 heavy (non-hydrogen) atoms. The molecule has 0 aliphatic rings. The van der Waals surface area contributed by atoms with Crippen LogP contribution in [0.5, 0.6) is 0 Å². The third kappa shape index (κ3) is 8.69. The van der Waals surface area contributed by atoms with Gasteiger partial charge in [-0.2, -0.15) is 0 Å². The minimum absolute atomic E-state index is 0.116. The minimum Gasteiger partial charge on any atom is -0.396 e. The molecule has 164 valence electrons. The van der Waals surface area contributed by atoms with Crippen LogP contribution in [0, 0.1) is 17.6 Å². The number of nitrogens with one attached hydrogen (secondary N) is 1. The van der Waals surface area contributed by atoms with Crippen LogP contribution < -0.4 is 5.32 Å². The molecule has 0 bridgehead atoms. The van der Waals surface area contributed by atoms with Gasteiger partial charge in [0.05, 0.1) is 0 Å². The third-order valence-electron chi connectivity index (χ3n) is 4.90. The maximum Gasteiger partial charge on any atom is 0.223 e. The molecular weight excluding hydrogens is 396 g/mol. The highest BCUT2D eigenvalue weighted by Crippen LogP contribution is 2.17. The Morgan fingerprint density at radius 2 is 1.55 bits per heavy atom. The van der Waals surface area contributed by atoms with Crippen molar-refractivity contribution in [2.45, 2.75) is 32.7 Å². The van der Waals surface area contributed by atoms with Crippen LogP contribution >= 0.6 is 0 Å². The molecule has 3 aromatic carbocycles. The summed E-state index contributed by atoms with van der Waals surface area (Å²) in [5, 5.41) is 11.4. The fourth-order valence-corrected chi connectivity index (χ4v) is 3.08. The fraction of sp³-hybridized carbons (Fsp3) is 0.269. The summed E-state index contributed by atoms with van der Waals surface area (Å²) < 4.78 is 26.6. The molecule has 0 saturated carbocycles. The summed E-state index contributed by atoms with van der Waals surface area (Å²) in [6, 6.07) is 23.0. The van der Waals surface area contributed by atoms with Crippen LogP contribution in [-0.2, 0) is 24.2 Å². The van der Waals surface area contributed by atoms with Crippen molar-refractivity contribution in [1.82, 2.24) is 5.32 Å². The first kappa shape index (κ1) is 24.2. The lowest BCUT2D eigenvalue weighted by molar-refractivity contribution is -0.125. The SMILES string of the molecule is CCC(Cc1ccc(F)cc1F)C(=O)NCc1ccccc1.OCCc1ccccc1. The first-order chi connectivity index (χ1) is 15.0. The number of benzene rings is 3. The number of aliphatic hydroxyl groups excluding tert-OH is 1. The normalized spacial score (nSPS) is 11.2. The van der Waals surface area contributed by atoms with E-state index >= 15 is 0 Å². The summed E-state index contributed by atoms with van der Waals surface area (Å²) in [6.07, 6.45) is 1.63. The Hall–Kier alpha value is -3.05. The van der Waals surface area contributed by atoms with Crippen molar-refractivity contribution in [2.75, 3.05) is 6.61 Å². The second kappa shape index (κ2) is 13.3. The molecule has 0 saturated heterocycles. The smallest absolute Gasteiger partial charge is 0.223 e. The van der Waals surface area contributed by atoms with Gasteiger partial charge >= 0.3 is 0 Å². The van der Waals surface area contributed by atoms with Crippen LogP contribution in [0.1, 0.15) is 30.0 Å². The zero-order valence-electron chi connectivity index (χ0n) is 17.7. The van der Waals surface area contributed by atoms with E-state index in [1.807, 2.05) is 67.6 Å². The van der Waals surface area contributed by atoms with Crippen molar-refractivity contribution in [2.24, 2.45) is 5.92 Å². The van der Waals surface area contributed by atoms with Crippen molar-refractivity contribution < 1.29 is 18.7 Å². The van der Waals surface area contributed by atoms with Gasteiger partial charge in [-0.15, -0.1) is 0 Å². The van der Waals surface area contributed by atoms with Gasteiger partial charge in [0, 0.05) is 25.1 Å². The molecule has 0 spiro atoms. The summed E-state index contributed by atoms with van der Waals surface area (Å²) in [5.41, 5.74) is 2.57. The summed E-state index contributed by atoms with van der Waals surface area (Å²) in [4.78, 5) is 12.2. The molecule has 3 aromatic rings. The van der Waals surface area contributed by atoms with Crippen LogP contribution in [0.15, 0.2) is 78.9 Å². The van der Waals surface area contributed by atoms with Crippen molar-refractivity contribution >= 4 is 5.91 Å². The minimum atomic E-state index is -0.608. The van der Waals surface area contributed by atoms with E-state index in [1.54, 1.807) is 0 Å². The second-order valence-electron chi connectivity index (χ2n) is 7.21. The van der Waals surface area contributed by atoms with E-state index in [-0.39, 0.29) is 24.9 Å². The maximum absolute atomic E-state index is 13.7. The van der Waals surface area contributed by atoms with Crippen molar-refractivity contribution in [3.8, 4) is 0 Å². The molecule has 0 aliphatic heterocycles. The van der Waals surface area contributed by atoms with Gasteiger partial charge < -0.3 is 10.4 Å². The van der Waals surface area contributed by atoms with Gasteiger partial charge in [-0.3, -0.25) is 4.79 Å². The predicted molar refractivity (Wildman–Crippen MR) is 119 cm³/mol. The van der Waals surface area contributed by atoms with Crippen LogP contribution in [0.2, 0.25) is 0 Å². The Bertz CT molecular complexity index is 917. The van der Waals surface area contributed by atoms with E-state index < -0.39 is 11.6 Å². The van der Waals surface area contributed by atoms with E-state index in [9.17, 15) is 13.6 Å². The Balaban J connectivity index is 0.000000316. The van der Waals surface area contributed by atoms with Gasteiger partial charge in [-0.05, 0) is 42.0 Å². The largest absolute Gasteiger partial charge is 0.396 e. The summed E-state index contributed by atoms with van der Waals surface area (Å²) in [7, 11) is 0. The fourth-order valence-electron chi connectivity index (χ4n) is 3.08. The molecule has 0 aliphatic carbocycles. The van der Waals surface area contributed by atoms with Crippen molar-refractivity contribution in [3.63, 3.8) is 0 Å². The molecule has 3 rings (SSSR count). The lowest BCUT2D eigenvalue weighted by Crippen LogP contribution is -2.31. The second-order valence-corrected chi connectivity index (χ2v) is 7.21. The van der Waals surface area contributed by atoms with E-state index in [1.165, 1.54) is 17.7 Å². The average Bonchev–Trinajstić information content (AvgIpc) is 2.79. The van der Waals surface area contributed by atoms with E-state index in [4.69, 9.17) is 5.11 Å². The third-order valence-corrected chi connectivity index (χ3v) is 4.90. The monoisotopic (exact) mass is 425 g/mol. The van der Waals surface area contributed by atoms with E-state index in [2.05, 4.69) is 5.32 Å². The number of carbonyl (C=O) groups is 1. The molecule has 3 nitrogen and oxygen atoms in total. The van der Waals surface area contributed by atoms with Crippen LogP contribution in [0.25, 0.3) is 0 Å². The van der Waals surface area contributed by atoms with Crippen molar-refractivity contribution in [3.05, 3.63) is 107 Å². The Labute approximate surface area is 182 Å². The first-order valence-electron chi connectivity index (χ1n) is 10.4. The molecule has 0 radical (unpaired) electrons. The lowest BCUT2D eigenvalue weighted by atomic mass is 9.95. The van der Waals surface area contributed by atoms with Crippen LogP contribution in [0.3, 0.4) is 0 Å². The zero-order chi connectivity index (χ0) is 22.5. The number of amides is 1. The highest BCUT2D eigenvalue weighted by atomic mass is 19.1. The Morgan fingerprint density at radius 1 is 0.935 bits per heavy atom.